The Kier molecular flexibility index (Phi) is 3.46. The Balaban J connectivity index is 2.40. The first-order valence-corrected chi connectivity index (χ1v) is 5.58. The number of halogens is 1. The van der Waals surface area contributed by atoms with E-state index in [1.54, 1.807) is 25.1 Å². The van der Waals surface area contributed by atoms with Gasteiger partial charge in [0, 0.05) is 0 Å². The van der Waals surface area contributed by atoms with Crippen molar-refractivity contribution >= 4 is 17.8 Å². The molecule has 0 saturated carbocycles. The predicted molar refractivity (Wildman–Crippen MR) is 69.2 cm³/mol. The van der Waals surface area contributed by atoms with Crippen LogP contribution in [0.4, 0.5) is 4.39 Å². The molecule has 0 amide bonds. The predicted octanol–water partition coefficient (Wildman–Crippen LogP) is 2.63. The molecule has 1 aliphatic heterocycles. The van der Waals surface area contributed by atoms with Crippen molar-refractivity contribution in [3.8, 4) is 0 Å². The van der Waals surface area contributed by atoms with Gasteiger partial charge in [-0.1, -0.05) is 12.1 Å². The van der Waals surface area contributed by atoms with Crippen molar-refractivity contribution in [2.75, 3.05) is 7.11 Å². The highest BCUT2D eigenvalue weighted by molar-refractivity contribution is 6.21. The van der Waals surface area contributed by atoms with Crippen LogP contribution in [0.25, 0.3) is 6.08 Å². The van der Waals surface area contributed by atoms with Crippen LogP contribution >= 0.6 is 0 Å². The zero-order valence-corrected chi connectivity index (χ0v) is 10.5. The molecular formula is C14H12FNO3. The minimum Gasteiger partial charge on any atom is -0.505 e. The summed E-state index contributed by atoms with van der Waals surface area (Å²) in [6.45, 7) is 1.61. The molecule has 0 unspecified atom stereocenters. The second kappa shape index (κ2) is 5.06. The molecule has 0 radical (unpaired) electrons. The molecule has 4 nitrogen and oxygen atoms in total. The van der Waals surface area contributed by atoms with Crippen LogP contribution in [0, 0.1) is 5.82 Å². The Labute approximate surface area is 109 Å². The number of hydrogen-bond donors (Lipinski definition) is 1. The number of aliphatic hydroxyl groups excluding tert-OH is 1. The van der Waals surface area contributed by atoms with Crippen LogP contribution in [-0.2, 0) is 9.53 Å². The van der Waals surface area contributed by atoms with Crippen LogP contribution in [0.2, 0.25) is 0 Å². The molecule has 5 heteroatoms. The molecule has 1 aromatic rings. The van der Waals surface area contributed by atoms with Gasteiger partial charge in [0.05, 0.1) is 12.8 Å². The minimum absolute atomic E-state index is 0.0517. The Morgan fingerprint density at radius 1 is 1.37 bits per heavy atom. The molecule has 19 heavy (non-hydrogen) atoms. The second-order valence-corrected chi connectivity index (χ2v) is 3.99. The van der Waals surface area contributed by atoms with Gasteiger partial charge < -0.3 is 9.84 Å². The lowest BCUT2D eigenvalue weighted by Crippen LogP contribution is -2.11. The van der Waals surface area contributed by atoms with Crippen molar-refractivity contribution in [3.63, 3.8) is 0 Å². The molecule has 0 spiro atoms. The number of rotatable bonds is 2. The number of nitrogens with zero attached hydrogens (tertiary/aromatic N) is 1. The van der Waals surface area contributed by atoms with Crippen molar-refractivity contribution in [2.45, 2.75) is 6.92 Å². The number of carbonyl (C=O) groups is 1. The highest BCUT2D eigenvalue weighted by atomic mass is 19.1. The van der Waals surface area contributed by atoms with E-state index in [1.807, 2.05) is 0 Å². The van der Waals surface area contributed by atoms with Gasteiger partial charge in [-0.25, -0.2) is 14.2 Å². The number of hydrogen-bond acceptors (Lipinski definition) is 4. The van der Waals surface area contributed by atoms with Crippen molar-refractivity contribution in [1.82, 2.24) is 0 Å². The van der Waals surface area contributed by atoms with Crippen LogP contribution in [0.3, 0.4) is 0 Å². The molecule has 0 atom stereocenters. The SMILES string of the molecule is COC(=O)C1=C(O)/C(=C\c2ccc(F)cc2)N=C1C. The van der Waals surface area contributed by atoms with E-state index in [4.69, 9.17) is 0 Å². The third-order valence-electron chi connectivity index (χ3n) is 2.69. The lowest BCUT2D eigenvalue weighted by Gasteiger charge is -2.00. The number of esters is 1. The third kappa shape index (κ3) is 2.54. The summed E-state index contributed by atoms with van der Waals surface area (Å²) < 4.78 is 17.4. The van der Waals surface area contributed by atoms with E-state index in [0.717, 1.165) is 0 Å². The smallest absolute Gasteiger partial charge is 0.343 e. The largest absolute Gasteiger partial charge is 0.505 e. The standard InChI is InChI=1S/C14H12FNO3/c1-8-12(14(18)19-2)13(17)11(16-8)7-9-3-5-10(15)6-4-9/h3-7,17H,1-2H3/b11-7+. The van der Waals surface area contributed by atoms with Crippen LogP contribution < -0.4 is 0 Å². The quantitative estimate of drug-likeness (QED) is 0.832. The van der Waals surface area contributed by atoms with Crippen molar-refractivity contribution in [2.24, 2.45) is 4.99 Å². The molecule has 98 valence electrons. The first kappa shape index (κ1) is 13.0. The highest BCUT2D eigenvalue weighted by Gasteiger charge is 2.27. The fourth-order valence-electron chi connectivity index (χ4n) is 1.75. The molecule has 0 bridgehead atoms. The first-order valence-electron chi connectivity index (χ1n) is 5.58. The second-order valence-electron chi connectivity index (χ2n) is 3.99. The fraction of sp³-hybridized carbons (Fsp3) is 0.143. The van der Waals surface area contributed by atoms with E-state index >= 15 is 0 Å². The van der Waals surface area contributed by atoms with Crippen molar-refractivity contribution in [3.05, 3.63) is 52.7 Å². The van der Waals surface area contributed by atoms with E-state index in [1.165, 1.54) is 19.2 Å². The average molecular weight is 261 g/mol. The topological polar surface area (TPSA) is 58.9 Å². The number of benzene rings is 1. The summed E-state index contributed by atoms with van der Waals surface area (Å²) in [4.78, 5) is 15.6. The Morgan fingerprint density at radius 3 is 2.58 bits per heavy atom. The normalized spacial score (nSPS) is 16.8. The van der Waals surface area contributed by atoms with Gasteiger partial charge in [-0.3, -0.25) is 0 Å². The molecule has 1 N–H and O–H groups in total. The summed E-state index contributed by atoms with van der Waals surface area (Å²) in [6.07, 6.45) is 1.56. The number of methoxy groups -OCH3 is 1. The molecular weight excluding hydrogens is 249 g/mol. The van der Waals surface area contributed by atoms with Gasteiger partial charge in [-0.2, -0.15) is 0 Å². The van der Waals surface area contributed by atoms with Gasteiger partial charge in [-0.15, -0.1) is 0 Å². The van der Waals surface area contributed by atoms with Crippen molar-refractivity contribution < 1.29 is 19.0 Å². The van der Waals surface area contributed by atoms with Gasteiger partial charge in [-0.05, 0) is 30.7 Å². The lowest BCUT2D eigenvalue weighted by atomic mass is 10.1. The Hall–Kier alpha value is -2.43. The van der Waals surface area contributed by atoms with E-state index < -0.39 is 5.97 Å². The molecule has 0 fully saturated rings. The van der Waals surface area contributed by atoms with E-state index in [0.29, 0.717) is 11.3 Å². The maximum absolute atomic E-state index is 12.8. The third-order valence-corrected chi connectivity index (χ3v) is 2.69. The number of aliphatic imine (C=N–C) groups is 1. The maximum atomic E-state index is 12.8. The highest BCUT2D eigenvalue weighted by Crippen LogP contribution is 2.26. The number of carbonyl (C=O) groups excluding carboxylic acids is 1. The molecule has 0 saturated heterocycles. The first-order chi connectivity index (χ1) is 9.02. The van der Waals surface area contributed by atoms with E-state index in [2.05, 4.69) is 9.73 Å². The summed E-state index contributed by atoms with van der Waals surface area (Å²) in [5.74, 6) is -1.21. The van der Waals surface area contributed by atoms with Crippen LogP contribution in [0.1, 0.15) is 12.5 Å². The molecule has 0 aromatic heterocycles. The van der Waals surface area contributed by atoms with E-state index in [-0.39, 0.29) is 22.8 Å². The van der Waals surface area contributed by atoms with Gasteiger partial charge in [0.15, 0.2) is 5.76 Å². The number of ether oxygens (including phenoxy) is 1. The molecule has 1 heterocycles. The van der Waals surface area contributed by atoms with Gasteiger partial charge in [0.2, 0.25) is 0 Å². The monoisotopic (exact) mass is 261 g/mol. The summed E-state index contributed by atoms with van der Waals surface area (Å²) in [5, 5.41) is 9.96. The van der Waals surface area contributed by atoms with Gasteiger partial charge >= 0.3 is 5.97 Å². The summed E-state index contributed by atoms with van der Waals surface area (Å²) in [5.41, 5.74) is 1.36. The summed E-state index contributed by atoms with van der Waals surface area (Å²) in [7, 11) is 1.23. The van der Waals surface area contributed by atoms with Crippen LogP contribution in [0.15, 0.2) is 46.3 Å². The summed E-state index contributed by atoms with van der Waals surface area (Å²) >= 11 is 0. The molecule has 2 rings (SSSR count). The molecule has 1 aromatic carbocycles. The average Bonchev–Trinajstić information content (AvgIpc) is 2.66. The van der Waals surface area contributed by atoms with Gasteiger partial charge in [0.25, 0.3) is 0 Å². The van der Waals surface area contributed by atoms with E-state index in [9.17, 15) is 14.3 Å². The molecule has 0 aliphatic carbocycles. The zero-order chi connectivity index (χ0) is 14.0. The van der Waals surface area contributed by atoms with Crippen LogP contribution in [0.5, 0.6) is 0 Å². The molecule has 1 aliphatic rings. The minimum atomic E-state index is -0.638. The Morgan fingerprint density at radius 2 is 2.00 bits per heavy atom. The fourth-order valence-corrected chi connectivity index (χ4v) is 1.75. The summed E-state index contributed by atoms with van der Waals surface area (Å²) in [6, 6.07) is 5.72. The maximum Gasteiger partial charge on any atom is 0.343 e. The van der Waals surface area contributed by atoms with Crippen molar-refractivity contribution in [1.29, 1.82) is 0 Å². The zero-order valence-electron chi connectivity index (χ0n) is 10.5. The lowest BCUT2D eigenvalue weighted by molar-refractivity contribution is -0.135. The van der Waals surface area contributed by atoms with Crippen LogP contribution in [-0.4, -0.2) is 23.9 Å². The Bertz CT molecular complexity index is 612. The number of aliphatic hydroxyl groups is 1. The van der Waals surface area contributed by atoms with Gasteiger partial charge in [0.1, 0.15) is 17.1 Å².